The van der Waals surface area contributed by atoms with Crippen LogP contribution in [0.3, 0.4) is 0 Å². The van der Waals surface area contributed by atoms with Crippen LogP contribution in [0.2, 0.25) is 0 Å². The fourth-order valence-corrected chi connectivity index (χ4v) is 5.60. The molecule has 0 radical (unpaired) electrons. The third kappa shape index (κ3) is 9.40. The van der Waals surface area contributed by atoms with E-state index < -0.39 is 20.0 Å². The lowest BCUT2D eigenvalue weighted by atomic mass is 10.0. The van der Waals surface area contributed by atoms with Crippen molar-refractivity contribution in [1.82, 2.24) is 9.66 Å². The molecule has 2 aromatic carbocycles. The van der Waals surface area contributed by atoms with Crippen molar-refractivity contribution in [1.29, 1.82) is 0 Å². The molecule has 0 amide bonds. The Morgan fingerprint density at radius 3 is 1.50 bits per heavy atom. The van der Waals surface area contributed by atoms with Gasteiger partial charge in [0.05, 0.1) is 9.79 Å². The van der Waals surface area contributed by atoms with Crippen molar-refractivity contribution in [3.8, 4) is 0 Å². The van der Waals surface area contributed by atoms with Crippen LogP contribution in [0.1, 0.15) is 76.7 Å². The van der Waals surface area contributed by atoms with E-state index in [4.69, 9.17) is 0 Å². The molecule has 6 nitrogen and oxygen atoms in total. The second kappa shape index (κ2) is 13.7. The minimum atomic E-state index is -4.00. The molecule has 8 heteroatoms. The number of unbranched alkanes of at least 4 members (excludes halogenated alkanes) is 9. The molecule has 32 heavy (non-hydrogen) atoms. The molecule has 0 saturated heterocycles. The number of aryl methyl sites for hydroxylation is 1. The molecule has 2 aromatic rings. The van der Waals surface area contributed by atoms with Gasteiger partial charge >= 0.3 is 0 Å². The molecule has 0 saturated carbocycles. The third-order valence-corrected chi connectivity index (χ3v) is 8.07. The van der Waals surface area contributed by atoms with Crippen LogP contribution < -0.4 is 9.66 Å². The molecule has 0 bridgehead atoms. The van der Waals surface area contributed by atoms with Crippen molar-refractivity contribution in [2.45, 2.75) is 87.3 Å². The summed E-state index contributed by atoms with van der Waals surface area (Å²) in [6, 6.07) is 14.2. The number of benzene rings is 2. The second-order valence-electron chi connectivity index (χ2n) is 8.10. The van der Waals surface area contributed by atoms with Crippen molar-refractivity contribution in [2.24, 2.45) is 0 Å². The molecule has 0 aliphatic heterocycles. The SMILES string of the molecule is CCCCCCCCCCCCc1ccc(S(=O)(=O)NNS(=O)(=O)c2ccccc2)cc1. The van der Waals surface area contributed by atoms with Gasteiger partial charge in [-0.25, -0.2) is 16.8 Å². The number of nitrogens with one attached hydrogen (secondary N) is 2. The van der Waals surface area contributed by atoms with Crippen LogP contribution in [0.5, 0.6) is 0 Å². The maximum absolute atomic E-state index is 12.4. The normalized spacial score (nSPS) is 12.2. The predicted molar refractivity (Wildman–Crippen MR) is 129 cm³/mol. The summed E-state index contributed by atoms with van der Waals surface area (Å²) in [6.07, 6.45) is 13.7. The largest absolute Gasteiger partial charge is 0.254 e. The van der Waals surface area contributed by atoms with Crippen molar-refractivity contribution in [3.63, 3.8) is 0 Å². The van der Waals surface area contributed by atoms with E-state index in [-0.39, 0.29) is 9.79 Å². The highest BCUT2D eigenvalue weighted by Gasteiger charge is 2.19. The maximum Gasteiger partial charge on any atom is 0.254 e. The summed E-state index contributed by atoms with van der Waals surface area (Å²) in [5.41, 5.74) is 1.08. The average Bonchev–Trinajstić information content (AvgIpc) is 2.80. The van der Waals surface area contributed by atoms with E-state index in [2.05, 4.69) is 6.92 Å². The first-order valence-electron chi connectivity index (χ1n) is 11.5. The topological polar surface area (TPSA) is 92.3 Å². The monoisotopic (exact) mass is 480 g/mol. The van der Waals surface area contributed by atoms with Crippen molar-refractivity contribution < 1.29 is 16.8 Å². The summed E-state index contributed by atoms with van der Waals surface area (Å²) >= 11 is 0. The van der Waals surface area contributed by atoms with Crippen LogP contribution in [0.15, 0.2) is 64.4 Å². The van der Waals surface area contributed by atoms with E-state index in [0.717, 1.165) is 18.4 Å². The van der Waals surface area contributed by atoms with Gasteiger partial charge in [0.15, 0.2) is 0 Å². The Hall–Kier alpha value is -1.74. The lowest BCUT2D eigenvalue weighted by Gasteiger charge is -2.10. The summed E-state index contributed by atoms with van der Waals surface area (Å²) in [4.78, 5) is 3.89. The number of hydrazine groups is 1. The zero-order valence-corrected chi connectivity index (χ0v) is 20.6. The van der Waals surface area contributed by atoms with Crippen LogP contribution in [0.4, 0.5) is 0 Å². The lowest BCUT2D eigenvalue weighted by molar-refractivity contribution is 0.556. The van der Waals surface area contributed by atoms with E-state index in [9.17, 15) is 16.8 Å². The molecule has 0 heterocycles. The summed E-state index contributed by atoms with van der Waals surface area (Å²) in [5.74, 6) is 0. The number of hydrogen-bond donors (Lipinski definition) is 2. The Kier molecular flexibility index (Phi) is 11.4. The van der Waals surface area contributed by atoms with Gasteiger partial charge in [0.25, 0.3) is 20.0 Å². The first-order chi connectivity index (χ1) is 15.3. The zero-order valence-electron chi connectivity index (χ0n) is 18.9. The quantitative estimate of drug-likeness (QED) is 0.251. The summed E-state index contributed by atoms with van der Waals surface area (Å²) in [5, 5.41) is 0. The molecule has 0 aliphatic carbocycles. The fourth-order valence-electron chi connectivity index (χ4n) is 3.48. The van der Waals surface area contributed by atoms with Gasteiger partial charge in [0, 0.05) is 0 Å². The zero-order chi connectivity index (χ0) is 23.3. The molecule has 2 rings (SSSR count). The first-order valence-corrected chi connectivity index (χ1v) is 14.5. The number of rotatable bonds is 16. The minimum Gasteiger partial charge on any atom is -0.206 e. The first kappa shape index (κ1) is 26.5. The molecular formula is C24H36N2O4S2. The smallest absolute Gasteiger partial charge is 0.206 e. The minimum absolute atomic E-state index is 0.0140. The standard InChI is InChI=1S/C24H36N2O4S2/c1-2-3-4-5-6-7-8-9-10-12-15-22-18-20-24(21-19-22)32(29,30)26-25-31(27,28)23-16-13-11-14-17-23/h11,13-14,16-21,25-26H,2-10,12,15H2,1H3. The summed E-state index contributed by atoms with van der Waals surface area (Å²) in [6.45, 7) is 2.24. The number of hydrogen-bond acceptors (Lipinski definition) is 4. The van der Waals surface area contributed by atoms with Gasteiger partial charge in [-0.2, -0.15) is 0 Å². The van der Waals surface area contributed by atoms with Crippen molar-refractivity contribution in [3.05, 3.63) is 60.2 Å². The highest BCUT2D eigenvalue weighted by molar-refractivity contribution is 7.92. The van der Waals surface area contributed by atoms with Crippen LogP contribution in [0.25, 0.3) is 0 Å². The molecule has 0 unspecified atom stereocenters. The Balaban J connectivity index is 1.72. The van der Waals surface area contributed by atoms with E-state index in [1.807, 2.05) is 9.66 Å². The highest BCUT2D eigenvalue weighted by Crippen LogP contribution is 2.15. The van der Waals surface area contributed by atoms with Crippen molar-refractivity contribution in [2.75, 3.05) is 0 Å². The molecule has 0 aliphatic rings. The van der Waals surface area contributed by atoms with Gasteiger partial charge in [0.2, 0.25) is 0 Å². The van der Waals surface area contributed by atoms with E-state index in [1.54, 1.807) is 30.3 Å². The molecule has 0 fully saturated rings. The Labute approximate surface area is 193 Å². The summed E-state index contributed by atoms with van der Waals surface area (Å²) < 4.78 is 49.2. The van der Waals surface area contributed by atoms with Gasteiger partial charge < -0.3 is 0 Å². The molecule has 0 atom stereocenters. The van der Waals surface area contributed by atoms with Crippen molar-refractivity contribution >= 4 is 20.0 Å². The lowest BCUT2D eigenvalue weighted by Crippen LogP contribution is -2.41. The van der Waals surface area contributed by atoms with Gasteiger partial charge in [0.1, 0.15) is 0 Å². The molecular weight excluding hydrogens is 444 g/mol. The van der Waals surface area contributed by atoms with Gasteiger partial charge in [-0.05, 0) is 42.7 Å². The third-order valence-electron chi connectivity index (χ3n) is 5.42. The van der Waals surface area contributed by atoms with Gasteiger partial charge in [-0.15, -0.1) is 9.66 Å². The Bertz CT molecular complexity index is 990. The van der Waals surface area contributed by atoms with Crippen LogP contribution in [-0.4, -0.2) is 16.8 Å². The maximum atomic E-state index is 12.4. The van der Waals surface area contributed by atoms with E-state index in [0.29, 0.717) is 0 Å². The highest BCUT2D eigenvalue weighted by atomic mass is 32.2. The molecule has 0 spiro atoms. The van der Waals surface area contributed by atoms with Crippen LogP contribution in [0, 0.1) is 0 Å². The Morgan fingerprint density at radius 1 is 0.562 bits per heavy atom. The van der Waals surface area contributed by atoms with Crippen LogP contribution >= 0.6 is 0 Å². The second-order valence-corrected chi connectivity index (χ2v) is 11.5. The predicted octanol–water partition coefficient (Wildman–Crippen LogP) is 5.32. The van der Waals surface area contributed by atoms with E-state index in [1.165, 1.54) is 82.1 Å². The average molecular weight is 481 g/mol. The van der Waals surface area contributed by atoms with Gasteiger partial charge in [-0.1, -0.05) is 95.0 Å². The van der Waals surface area contributed by atoms with Crippen LogP contribution in [-0.2, 0) is 26.5 Å². The molecule has 0 aromatic heterocycles. The number of sulfonamides is 2. The fraction of sp³-hybridized carbons (Fsp3) is 0.500. The Morgan fingerprint density at radius 2 is 1.00 bits per heavy atom. The molecule has 178 valence electrons. The molecule has 2 N–H and O–H groups in total. The summed E-state index contributed by atoms with van der Waals surface area (Å²) in [7, 11) is -7.98. The van der Waals surface area contributed by atoms with Gasteiger partial charge in [-0.3, -0.25) is 0 Å². The van der Waals surface area contributed by atoms with E-state index >= 15 is 0 Å².